The number of carbonyl (C=O) groups excluding carboxylic acids is 1. The summed E-state index contributed by atoms with van der Waals surface area (Å²) in [6, 6.07) is 15.0. The summed E-state index contributed by atoms with van der Waals surface area (Å²) in [5.41, 5.74) is 8.38. The molecule has 0 aliphatic carbocycles. The monoisotopic (exact) mass is 526 g/mol. The first kappa shape index (κ1) is 23.9. The molecule has 0 aromatic heterocycles. The molecule has 176 valence electrons. The van der Waals surface area contributed by atoms with Crippen molar-refractivity contribution >= 4 is 33.5 Å². The van der Waals surface area contributed by atoms with Gasteiger partial charge in [-0.3, -0.25) is 4.79 Å². The number of amides is 1. The number of anilines is 1. The van der Waals surface area contributed by atoms with Crippen molar-refractivity contribution in [1.29, 1.82) is 0 Å². The molecule has 1 heterocycles. The highest BCUT2D eigenvalue weighted by atomic mass is 79.9. The van der Waals surface area contributed by atoms with Crippen molar-refractivity contribution in [2.24, 2.45) is 5.73 Å². The van der Waals surface area contributed by atoms with Crippen molar-refractivity contribution in [2.75, 3.05) is 5.32 Å². The van der Waals surface area contributed by atoms with E-state index < -0.39 is 28.9 Å². The van der Waals surface area contributed by atoms with Gasteiger partial charge in [-0.1, -0.05) is 24.3 Å². The highest BCUT2D eigenvalue weighted by Gasteiger charge is 2.36. The average Bonchev–Trinajstić information content (AvgIpc) is 2.78. The number of fused-ring (bicyclic) bond motifs is 1. The topological polar surface area (TPSA) is 102 Å². The largest absolute Gasteiger partial charge is 0.486 e. The summed E-state index contributed by atoms with van der Waals surface area (Å²) in [6.07, 6.45) is 0.710. The number of carboxylic acids is 1. The van der Waals surface area contributed by atoms with Gasteiger partial charge in [0.25, 0.3) is 5.91 Å². The lowest BCUT2D eigenvalue weighted by Crippen LogP contribution is -2.35. The van der Waals surface area contributed by atoms with Gasteiger partial charge in [0.15, 0.2) is 0 Å². The zero-order valence-electron chi connectivity index (χ0n) is 18.7. The molecular formula is C26H24BrFN2O4. The Balaban J connectivity index is 1.70. The minimum atomic E-state index is -1.37. The fourth-order valence-corrected chi connectivity index (χ4v) is 4.74. The van der Waals surface area contributed by atoms with Gasteiger partial charge in [0.1, 0.15) is 17.2 Å². The van der Waals surface area contributed by atoms with Gasteiger partial charge < -0.3 is 20.9 Å². The van der Waals surface area contributed by atoms with Crippen molar-refractivity contribution in [3.8, 4) is 5.75 Å². The normalized spacial score (nSPS) is 16.3. The highest BCUT2D eigenvalue weighted by molar-refractivity contribution is 9.10. The first-order valence-electron chi connectivity index (χ1n) is 10.7. The van der Waals surface area contributed by atoms with E-state index in [4.69, 9.17) is 15.6 Å². The van der Waals surface area contributed by atoms with Crippen molar-refractivity contribution < 1.29 is 23.8 Å². The van der Waals surface area contributed by atoms with Gasteiger partial charge in [-0.25, -0.2) is 9.18 Å². The lowest BCUT2D eigenvalue weighted by atomic mass is 9.79. The number of nitrogens with two attached hydrogens (primary N) is 1. The number of carbonyl (C=O) groups is 2. The number of hydrogen-bond donors (Lipinski definition) is 3. The van der Waals surface area contributed by atoms with Crippen LogP contribution in [0.15, 0.2) is 59.1 Å². The first-order valence-corrected chi connectivity index (χ1v) is 11.5. The molecule has 6 nitrogen and oxygen atoms in total. The van der Waals surface area contributed by atoms with Crippen LogP contribution in [-0.2, 0) is 6.54 Å². The standard InChI is InChI=1S/C26H24BrFN2O4/c1-26(2)12-20(15-5-3-14(13-29)4-6-15)19-9-16(10-21(27)23(19)34-26)24(31)30-17-7-8-18(25(32)33)22(28)11-17/h3-11,20H,12-13,29H2,1-2H3,(H,30,31)(H,32,33). The Morgan fingerprint density at radius 3 is 2.50 bits per heavy atom. The van der Waals surface area contributed by atoms with Crippen LogP contribution in [0.25, 0.3) is 0 Å². The summed E-state index contributed by atoms with van der Waals surface area (Å²) >= 11 is 3.55. The molecule has 4 N–H and O–H groups in total. The minimum absolute atomic E-state index is 0.0121. The molecule has 1 amide bonds. The molecule has 1 aliphatic rings. The maximum absolute atomic E-state index is 14.0. The van der Waals surface area contributed by atoms with Crippen LogP contribution in [0.3, 0.4) is 0 Å². The summed E-state index contributed by atoms with van der Waals surface area (Å²) in [6.45, 7) is 4.51. The number of rotatable bonds is 5. The Kier molecular flexibility index (Phi) is 6.47. The molecule has 0 radical (unpaired) electrons. The van der Waals surface area contributed by atoms with Crippen LogP contribution in [0, 0.1) is 5.82 Å². The second-order valence-corrected chi connectivity index (χ2v) is 9.75. The zero-order valence-corrected chi connectivity index (χ0v) is 20.3. The van der Waals surface area contributed by atoms with E-state index in [1.54, 1.807) is 12.1 Å². The summed E-state index contributed by atoms with van der Waals surface area (Å²) < 4.78 is 20.9. The number of benzene rings is 3. The molecule has 1 unspecified atom stereocenters. The highest BCUT2D eigenvalue weighted by Crippen LogP contribution is 2.48. The van der Waals surface area contributed by atoms with Crippen LogP contribution >= 0.6 is 15.9 Å². The van der Waals surface area contributed by atoms with E-state index in [9.17, 15) is 14.0 Å². The van der Waals surface area contributed by atoms with E-state index in [2.05, 4.69) is 21.2 Å². The van der Waals surface area contributed by atoms with E-state index in [0.29, 0.717) is 28.8 Å². The van der Waals surface area contributed by atoms with Gasteiger partial charge in [-0.15, -0.1) is 0 Å². The number of hydrogen-bond acceptors (Lipinski definition) is 4. The van der Waals surface area contributed by atoms with Gasteiger partial charge in [0.2, 0.25) is 0 Å². The van der Waals surface area contributed by atoms with Crippen LogP contribution in [0.4, 0.5) is 10.1 Å². The van der Waals surface area contributed by atoms with E-state index in [-0.39, 0.29) is 11.6 Å². The third-order valence-electron chi connectivity index (χ3n) is 5.86. The maximum atomic E-state index is 14.0. The van der Waals surface area contributed by atoms with Crippen molar-refractivity contribution in [1.82, 2.24) is 0 Å². The Morgan fingerprint density at radius 2 is 1.88 bits per heavy atom. The third kappa shape index (κ3) is 4.83. The predicted molar refractivity (Wildman–Crippen MR) is 131 cm³/mol. The van der Waals surface area contributed by atoms with Gasteiger partial charge in [0.05, 0.1) is 10.0 Å². The average molecular weight is 527 g/mol. The molecule has 3 aromatic carbocycles. The Morgan fingerprint density at radius 1 is 1.18 bits per heavy atom. The van der Waals surface area contributed by atoms with Crippen molar-refractivity contribution in [3.05, 3.63) is 92.7 Å². The lowest BCUT2D eigenvalue weighted by Gasteiger charge is -2.38. The number of halogens is 2. The molecule has 8 heteroatoms. The fourth-order valence-electron chi connectivity index (χ4n) is 4.18. The van der Waals surface area contributed by atoms with Crippen LogP contribution in [0.1, 0.15) is 63.6 Å². The molecular weight excluding hydrogens is 503 g/mol. The minimum Gasteiger partial charge on any atom is -0.486 e. The van der Waals surface area contributed by atoms with Crippen LogP contribution < -0.4 is 15.8 Å². The van der Waals surface area contributed by atoms with Gasteiger partial charge in [-0.2, -0.15) is 0 Å². The molecule has 0 bridgehead atoms. The second-order valence-electron chi connectivity index (χ2n) is 8.89. The summed E-state index contributed by atoms with van der Waals surface area (Å²) in [7, 11) is 0. The molecule has 34 heavy (non-hydrogen) atoms. The summed E-state index contributed by atoms with van der Waals surface area (Å²) in [5, 5.41) is 11.6. The molecule has 0 saturated heterocycles. The number of aromatic carboxylic acids is 1. The Labute approximate surface area is 205 Å². The van der Waals surface area contributed by atoms with E-state index >= 15 is 0 Å². The quantitative estimate of drug-likeness (QED) is 0.396. The van der Waals surface area contributed by atoms with E-state index in [1.807, 2.05) is 38.1 Å². The predicted octanol–water partition coefficient (Wildman–Crippen LogP) is 5.69. The molecule has 1 aliphatic heterocycles. The number of nitrogens with one attached hydrogen (secondary N) is 1. The molecule has 0 fully saturated rings. The fraction of sp³-hybridized carbons (Fsp3) is 0.231. The molecule has 4 rings (SSSR count). The Bertz CT molecular complexity index is 1270. The summed E-state index contributed by atoms with van der Waals surface area (Å²) in [4.78, 5) is 24.0. The van der Waals surface area contributed by atoms with Crippen molar-refractivity contribution in [3.63, 3.8) is 0 Å². The van der Waals surface area contributed by atoms with Crippen LogP contribution in [0.5, 0.6) is 5.75 Å². The first-order chi connectivity index (χ1) is 16.1. The van der Waals surface area contributed by atoms with Gasteiger partial charge in [-0.05, 0) is 77.7 Å². The SMILES string of the molecule is CC1(C)CC(c2ccc(CN)cc2)c2cc(C(=O)Nc3ccc(C(=O)O)c(F)c3)cc(Br)c2O1. The number of carboxylic acid groups (broad SMARTS) is 1. The Hall–Kier alpha value is -3.23. The van der Waals surface area contributed by atoms with Crippen molar-refractivity contribution in [2.45, 2.75) is 38.3 Å². The van der Waals surface area contributed by atoms with E-state index in [0.717, 1.165) is 28.8 Å². The lowest BCUT2D eigenvalue weighted by molar-refractivity contribution is 0.0691. The number of ether oxygens (including phenoxy) is 1. The molecule has 0 spiro atoms. The molecule has 1 atom stereocenters. The van der Waals surface area contributed by atoms with E-state index in [1.165, 1.54) is 6.07 Å². The van der Waals surface area contributed by atoms with Crippen LogP contribution in [0.2, 0.25) is 0 Å². The maximum Gasteiger partial charge on any atom is 0.338 e. The third-order valence-corrected chi connectivity index (χ3v) is 6.45. The zero-order chi connectivity index (χ0) is 24.6. The van der Waals surface area contributed by atoms with Gasteiger partial charge in [0, 0.05) is 29.3 Å². The van der Waals surface area contributed by atoms with Crippen LogP contribution in [-0.4, -0.2) is 22.6 Å². The molecule has 3 aromatic rings. The summed E-state index contributed by atoms with van der Waals surface area (Å²) in [5.74, 6) is -2.08. The second kappa shape index (κ2) is 9.19. The van der Waals surface area contributed by atoms with Gasteiger partial charge >= 0.3 is 5.97 Å². The molecule has 0 saturated carbocycles. The smallest absolute Gasteiger partial charge is 0.338 e.